The van der Waals surface area contributed by atoms with E-state index in [4.69, 9.17) is 14.2 Å². The highest BCUT2D eigenvalue weighted by Gasteiger charge is 2.30. The van der Waals surface area contributed by atoms with Gasteiger partial charge >= 0.3 is 5.97 Å². The number of Topliss-reactive ketones (excluding diaryl/α,β-unsaturated/α-hetero) is 1. The van der Waals surface area contributed by atoms with Crippen LogP contribution in [-0.2, 0) is 0 Å². The molecule has 0 unspecified atom stereocenters. The lowest BCUT2D eigenvalue weighted by atomic mass is 10.0. The van der Waals surface area contributed by atoms with Gasteiger partial charge in [-0.2, -0.15) is 0 Å². The van der Waals surface area contributed by atoms with E-state index in [1.54, 1.807) is 56.5 Å². The number of hydrogen-bond acceptors (Lipinski definition) is 5. The molecule has 0 spiro atoms. The fourth-order valence-electron chi connectivity index (χ4n) is 3.24. The standard InChI is InChI=1S/C25H20O5/c1-15-4-6-17(7-5-15)13-22-24(26)23-16(2)12-20(14-21(23)30-22)29-25(27)18-8-10-19(28-3)11-9-18/h4-14H,1-3H3/b22-13-. The first kappa shape index (κ1) is 19.5. The summed E-state index contributed by atoms with van der Waals surface area (Å²) in [5, 5.41) is 0. The number of aryl methyl sites for hydroxylation is 2. The number of methoxy groups -OCH3 is 1. The van der Waals surface area contributed by atoms with Crippen LogP contribution in [0.15, 0.2) is 66.4 Å². The van der Waals surface area contributed by atoms with Crippen molar-refractivity contribution >= 4 is 17.8 Å². The Hall–Kier alpha value is -3.86. The molecule has 0 saturated heterocycles. The maximum absolute atomic E-state index is 12.8. The van der Waals surface area contributed by atoms with Gasteiger partial charge in [0.15, 0.2) is 5.76 Å². The maximum Gasteiger partial charge on any atom is 0.343 e. The zero-order valence-corrected chi connectivity index (χ0v) is 16.9. The molecule has 3 aromatic rings. The van der Waals surface area contributed by atoms with Crippen molar-refractivity contribution in [1.82, 2.24) is 0 Å². The van der Waals surface area contributed by atoms with Crippen LogP contribution in [0.1, 0.15) is 37.4 Å². The van der Waals surface area contributed by atoms with E-state index in [2.05, 4.69) is 0 Å². The molecule has 5 heteroatoms. The normalized spacial score (nSPS) is 13.7. The fraction of sp³-hybridized carbons (Fsp3) is 0.120. The average Bonchev–Trinajstić information content (AvgIpc) is 3.05. The number of esters is 1. The molecule has 3 aromatic carbocycles. The largest absolute Gasteiger partial charge is 0.497 e. The second-order valence-electron chi connectivity index (χ2n) is 7.08. The van der Waals surface area contributed by atoms with Crippen molar-refractivity contribution in [2.45, 2.75) is 13.8 Å². The monoisotopic (exact) mass is 400 g/mol. The Morgan fingerprint density at radius 1 is 0.933 bits per heavy atom. The molecule has 0 bridgehead atoms. The molecule has 1 heterocycles. The van der Waals surface area contributed by atoms with E-state index in [1.165, 1.54) is 0 Å². The molecule has 4 rings (SSSR count). The SMILES string of the molecule is COc1ccc(C(=O)Oc2cc(C)c3c(c2)O/C(=C\c2ccc(C)cc2)C3=O)cc1. The van der Waals surface area contributed by atoms with Crippen molar-refractivity contribution in [3.63, 3.8) is 0 Å². The highest BCUT2D eigenvalue weighted by Crippen LogP contribution is 2.37. The van der Waals surface area contributed by atoms with Crippen LogP contribution < -0.4 is 14.2 Å². The van der Waals surface area contributed by atoms with Crippen LogP contribution >= 0.6 is 0 Å². The van der Waals surface area contributed by atoms with Crippen molar-refractivity contribution in [2.75, 3.05) is 7.11 Å². The quantitative estimate of drug-likeness (QED) is 0.344. The minimum absolute atomic E-state index is 0.184. The summed E-state index contributed by atoms with van der Waals surface area (Å²) in [5.74, 6) is 0.913. The van der Waals surface area contributed by atoms with Gasteiger partial charge in [-0.15, -0.1) is 0 Å². The zero-order chi connectivity index (χ0) is 21.3. The molecule has 1 aliphatic rings. The molecule has 0 saturated carbocycles. The fourth-order valence-corrected chi connectivity index (χ4v) is 3.24. The van der Waals surface area contributed by atoms with Gasteiger partial charge < -0.3 is 14.2 Å². The van der Waals surface area contributed by atoms with Crippen LogP contribution in [0.4, 0.5) is 0 Å². The lowest BCUT2D eigenvalue weighted by Gasteiger charge is -2.08. The van der Waals surface area contributed by atoms with Gasteiger partial charge in [0, 0.05) is 6.07 Å². The third kappa shape index (κ3) is 3.82. The summed E-state index contributed by atoms with van der Waals surface area (Å²) in [6.45, 7) is 3.79. The minimum atomic E-state index is -0.503. The molecule has 0 N–H and O–H groups in total. The van der Waals surface area contributed by atoms with E-state index in [-0.39, 0.29) is 11.5 Å². The molecule has 0 atom stereocenters. The number of rotatable bonds is 4. The highest BCUT2D eigenvalue weighted by molar-refractivity contribution is 6.15. The second-order valence-corrected chi connectivity index (χ2v) is 7.08. The van der Waals surface area contributed by atoms with Gasteiger partial charge in [0.25, 0.3) is 0 Å². The van der Waals surface area contributed by atoms with Gasteiger partial charge in [0.05, 0.1) is 18.2 Å². The Bertz CT molecular complexity index is 1160. The predicted molar refractivity (Wildman–Crippen MR) is 113 cm³/mol. The van der Waals surface area contributed by atoms with Gasteiger partial charge in [-0.3, -0.25) is 4.79 Å². The number of benzene rings is 3. The number of fused-ring (bicyclic) bond motifs is 1. The van der Waals surface area contributed by atoms with Gasteiger partial charge in [-0.25, -0.2) is 4.79 Å². The number of hydrogen-bond donors (Lipinski definition) is 0. The molecular weight excluding hydrogens is 380 g/mol. The Balaban J connectivity index is 1.57. The summed E-state index contributed by atoms with van der Waals surface area (Å²) in [5.41, 5.74) is 3.57. The molecular formula is C25H20O5. The van der Waals surface area contributed by atoms with Gasteiger partial charge in [0.2, 0.25) is 5.78 Å². The van der Waals surface area contributed by atoms with Crippen molar-refractivity contribution in [2.24, 2.45) is 0 Å². The maximum atomic E-state index is 12.8. The summed E-state index contributed by atoms with van der Waals surface area (Å²) >= 11 is 0. The molecule has 0 amide bonds. The van der Waals surface area contributed by atoms with E-state index in [0.717, 1.165) is 11.1 Å². The molecule has 30 heavy (non-hydrogen) atoms. The van der Waals surface area contributed by atoms with E-state index >= 15 is 0 Å². The molecule has 0 radical (unpaired) electrons. The van der Waals surface area contributed by atoms with Gasteiger partial charge in [0.1, 0.15) is 17.2 Å². The van der Waals surface area contributed by atoms with Crippen LogP contribution in [0.2, 0.25) is 0 Å². The number of ketones is 1. The van der Waals surface area contributed by atoms with Gasteiger partial charge in [-0.1, -0.05) is 29.8 Å². The van der Waals surface area contributed by atoms with Crippen LogP contribution in [0.5, 0.6) is 17.2 Å². The summed E-state index contributed by atoms with van der Waals surface area (Å²) in [4.78, 5) is 25.2. The number of ether oxygens (including phenoxy) is 3. The average molecular weight is 400 g/mol. The van der Waals surface area contributed by atoms with Crippen LogP contribution in [0.3, 0.4) is 0 Å². The van der Waals surface area contributed by atoms with E-state index in [1.807, 2.05) is 31.2 Å². The lowest BCUT2D eigenvalue weighted by Crippen LogP contribution is -2.08. The Morgan fingerprint density at radius 3 is 2.30 bits per heavy atom. The molecule has 0 aromatic heterocycles. The van der Waals surface area contributed by atoms with Gasteiger partial charge in [-0.05, 0) is 61.4 Å². The number of carbonyl (C=O) groups excluding carboxylic acids is 2. The molecule has 0 aliphatic carbocycles. The third-order valence-electron chi connectivity index (χ3n) is 4.86. The summed E-state index contributed by atoms with van der Waals surface area (Å²) in [7, 11) is 1.56. The minimum Gasteiger partial charge on any atom is -0.497 e. The first-order chi connectivity index (χ1) is 14.4. The molecule has 0 fully saturated rings. The highest BCUT2D eigenvalue weighted by atomic mass is 16.5. The Morgan fingerprint density at radius 2 is 1.63 bits per heavy atom. The zero-order valence-electron chi connectivity index (χ0n) is 16.9. The number of carbonyl (C=O) groups is 2. The van der Waals surface area contributed by atoms with Crippen LogP contribution in [0.25, 0.3) is 6.08 Å². The third-order valence-corrected chi connectivity index (χ3v) is 4.86. The van der Waals surface area contributed by atoms with Crippen molar-refractivity contribution in [3.8, 4) is 17.2 Å². The van der Waals surface area contributed by atoms with Crippen LogP contribution in [-0.4, -0.2) is 18.9 Å². The van der Waals surface area contributed by atoms with Crippen molar-refractivity contribution < 1.29 is 23.8 Å². The molecule has 5 nitrogen and oxygen atoms in total. The smallest absolute Gasteiger partial charge is 0.343 e. The summed E-state index contributed by atoms with van der Waals surface area (Å²) < 4.78 is 16.4. The van der Waals surface area contributed by atoms with Crippen molar-refractivity contribution in [1.29, 1.82) is 0 Å². The summed E-state index contributed by atoms with van der Waals surface area (Å²) in [6, 6.07) is 17.7. The van der Waals surface area contributed by atoms with Crippen LogP contribution in [0, 0.1) is 13.8 Å². The van der Waals surface area contributed by atoms with E-state index < -0.39 is 5.97 Å². The first-order valence-electron chi connectivity index (χ1n) is 9.46. The lowest BCUT2D eigenvalue weighted by molar-refractivity contribution is 0.0734. The van der Waals surface area contributed by atoms with Crippen molar-refractivity contribution in [3.05, 3.63) is 94.2 Å². The summed E-state index contributed by atoms with van der Waals surface area (Å²) in [6.07, 6.45) is 1.71. The molecule has 150 valence electrons. The van der Waals surface area contributed by atoms with E-state index in [0.29, 0.717) is 33.9 Å². The predicted octanol–water partition coefficient (Wildman–Crippen LogP) is 5.15. The molecule has 1 aliphatic heterocycles. The van der Waals surface area contributed by atoms with E-state index in [9.17, 15) is 9.59 Å². The first-order valence-corrected chi connectivity index (χ1v) is 9.46. The number of allylic oxidation sites excluding steroid dienone is 1. The Kier molecular flexibility index (Phi) is 5.11. The topological polar surface area (TPSA) is 61.8 Å². The second kappa shape index (κ2) is 7.87. The Labute approximate surface area is 174 Å².